The van der Waals surface area contributed by atoms with Crippen molar-refractivity contribution in [3.63, 3.8) is 0 Å². The van der Waals surface area contributed by atoms with E-state index in [4.69, 9.17) is 0 Å². The third-order valence-corrected chi connectivity index (χ3v) is 3.99. The normalized spacial score (nSPS) is 12.4. The number of nitrogens with zero attached hydrogens (tertiary/aromatic N) is 1. The Kier molecular flexibility index (Phi) is 5.51. The van der Waals surface area contributed by atoms with E-state index in [1.165, 1.54) is 22.3 Å². The molecule has 1 atom stereocenters. The fourth-order valence-electron chi connectivity index (χ4n) is 2.48. The van der Waals surface area contributed by atoms with Gasteiger partial charge in [0.15, 0.2) is 0 Å². The summed E-state index contributed by atoms with van der Waals surface area (Å²) in [5, 5.41) is 3.65. The molecule has 112 valence electrons. The van der Waals surface area contributed by atoms with E-state index in [2.05, 4.69) is 61.4 Å². The van der Waals surface area contributed by atoms with Crippen LogP contribution in [0.5, 0.6) is 0 Å². The molecular formula is C19H26N2. The van der Waals surface area contributed by atoms with Crippen molar-refractivity contribution in [1.29, 1.82) is 0 Å². The van der Waals surface area contributed by atoms with E-state index >= 15 is 0 Å². The molecule has 21 heavy (non-hydrogen) atoms. The summed E-state index contributed by atoms with van der Waals surface area (Å²) in [5.74, 6) is 0. The fraction of sp³-hybridized carbons (Fsp3) is 0.421. The Morgan fingerprint density at radius 3 is 2.48 bits per heavy atom. The van der Waals surface area contributed by atoms with Crippen LogP contribution in [0.3, 0.4) is 0 Å². The van der Waals surface area contributed by atoms with E-state index in [0.29, 0.717) is 6.04 Å². The van der Waals surface area contributed by atoms with Gasteiger partial charge < -0.3 is 5.32 Å². The Morgan fingerprint density at radius 1 is 1.05 bits per heavy atom. The van der Waals surface area contributed by atoms with Crippen molar-refractivity contribution in [3.8, 4) is 0 Å². The van der Waals surface area contributed by atoms with E-state index in [9.17, 15) is 0 Å². The number of aromatic nitrogens is 1. The monoisotopic (exact) mass is 282 g/mol. The number of aryl methyl sites for hydroxylation is 3. The molecule has 1 heterocycles. The molecule has 2 rings (SSSR count). The molecule has 0 aliphatic heterocycles. The van der Waals surface area contributed by atoms with Crippen molar-refractivity contribution in [2.24, 2.45) is 0 Å². The number of rotatable bonds is 6. The standard InChI is InChI=1S/C19H26N2/c1-5-10-20-19(18-9-7-16(4)21-13-18)12-17-8-6-14(2)15(3)11-17/h6-9,11,13,19-20H,5,10,12H2,1-4H3. The second-order valence-corrected chi connectivity index (χ2v) is 5.86. The number of benzene rings is 1. The summed E-state index contributed by atoms with van der Waals surface area (Å²) in [6.07, 6.45) is 4.15. The van der Waals surface area contributed by atoms with Crippen molar-refractivity contribution in [1.82, 2.24) is 10.3 Å². The summed E-state index contributed by atoms with van der Waals surface area (Å²) >= 11 is 0. The average molecular weight is 282 g/mol. The maximum atomic E-state index is 4.44. The van der Waals surface area contributed by atoms with Crippen molar-refractivity contribution < 1.29 is 0 Å². The number of pyridine rings is 1. The van der Waals surface area contributed by atoms with Crippen LogP contribution in [-0.2, 0) is 6.42 Å². The fourth-order valence-corrected chi connectivity index (χ4v) is 2.48. The molecule has 0 aliphatic carbocycles. The highest BCUT2D eigenvalue weighted by Gasteiger charge is 2.12. The predicted octanol–water partition coefficient (Wildman–Crippen LogP) is 4.29. The largest absolute Gasteiger partial charge is 0.310 e. The first-order valence-corrected chi connectivity index (χ1v) is 7.82. The van der Waals surface area contributed by atoms with E-state index in [-0.39, 0.29) is 0 Å². The Balaban J connectivity index is 2.19. The van der Waals surface area contributed by atoms with Crippen LogP contribution in [0.15, 0.2) is 36.5 Å². The smallest absolute Gasteiger partial charge is 0.0376 e. The van der Waals surface area contributed by atoms with Gasteiger partial charge in [0.25, 0.3) is 0 Å². The highest BCUT2D eigenvalue weighted by atomic mass is 14.9. The van der Waals surface area contributed by atoms with Crippen molar-refractivity contribution >= 4 is 0 Å². The third kappa shape index (κ3) is 4.40. The second-order valence-electron chi connectivity index (χ2n) is 5.86. The number of nitrogens with one attached hydrogen (secondary N) is 1. The lowest BCUT2D eigenvalue weighted by Gasteiger charge is -2.19. The minimum atomic E-state index is 0.333. The van der Waals surface area contributed by atoms with Gasteiger partial charge in [-0.25, -0.2) is 0 Å². The molecule has 2 heteroatoms. The molecule has 2 aromatic rings. The lowest BCUT2D eigenvalue weighted by atomic mass is 9.97. The van der Waals surface area contributed by atoms with Crippen molar-refractivity contribution in [2.45, 2.75) is 46.6 Å². The maximum absolute atomic E-state index is 4.44. The molecule has 0 amide bonds. The first-order valence-electron chi connectivity index (χ1n) is 7.82. The summed E-state index contributed by atoms with van der Waals surface area (Å²) in [6, 6.07) is 11.4. The molecule has 0 saturated carbocycles. The highest BCUT2D eigenvalue weighted by molar-refractivity contribution is 5.31. The predicted molar refractivity (Wildman–Crippen MR) is 89.6 cm³/mol. The minimum absolute atomic E-state index is 0.333. The molecule has 0 bridgehead atoms. The molecular weight excluding hydrogens is 256 g/mol. The van der Waals surface area contributed by atoms with Gasteiger partial charge in [0.05, 0.1) is 0 Å². The number of hydrogen-bond donors (Lipinski definition) is 1. The summed E-state index contributed by atoms with van der Waals surface area (Å²) in [4.78, 5) is 4.44. The van der Waals surface area contributed by atoms with E-state index in [1.54, 1.807) is 0 Å². The number of hydrogen-bond acceptors (Lipinski definition) is 2. The second kappa shape index (κ2) is 7.37. The zero-order chi connectivity index (χ0) is 15.2. The molecule has 1 N–H and O–H groups in total. The van der Waals surface area contributed by atoms with Crippen LogP contribution in [-0.4, -0.2) is 11.5 Å². The van der Waals surface area contributed by atoms with Crippen LogP contribution in [0.4, 0.5) is 0 Å². The Bertz CT molecular complexity index is 573. The first-order chi connectivity index (χ1) is 10.1. The van der Waals surface area contributed by atoms with Crippen LogP contribution < -0.4 is 5.32 Å². The zero-order valence-electron chi connectivity index (χ0n) is 13.6. The van der Waals surface area contributed by atoms with Crippen LogP contribution in [0.2, 0.25) is 0 Å². The molecule has 0 fully saturated rings. The summed E-state index contributed by atoms with van der Waals surface area (Å²) < 4.78 is 0. The average Bonchev–Trinajstić information content (AvgIpc) is 2.48. The maximum Gasteiger partial charge on any atom is 0.0376 e. The van der Waals surface area contributed by atoms with Gasteiger partial charge >= 0.3 is 0 Å². The Labute approximate surface area is 128 Å². The van der Waals surface area contributed by atoms with Gasteiger partial charge in [-0.05, 0) is 68.5 Å². The van der Waals surface area contributed by atoms with Gasteiger partial charge in [-0.1, -0.05) is 31.2 Å². The highest BCUT2D eigenvalue weighted by Crippen LogP contribution is 2.20. The van der Waals surface area contributed by atoms with Gasteiger partial charge in [0, 0.05) is 17.9 Å². The summed E-state index contributed by atoms with van der Waals surface area (Å²) in [7, 11) is 0. The van der Waals surface area contributed by atoms with Crippen LogP contribution in [0, 0.1) is 20.8 Å². The van der Waals surface area contributed by atoms with Crippen molar-refractivity contribution in [2.75, 3.05) is 6.54 Å². The molecule has 0 aliphatic rings. The molecule has 1 unspecified atom stereocenters. The Hall–Kier alpha value is -1.67. The van der Waals surface area contributed by atoms with Gasteiger partial charge in [0.2, 0.25) is 0 Å². The molecule has 0 radical (unpaired) electrons. The molecule has 1 aromatic heterocycles. The lowest BCUT2D eigenvalue weighted by Crippen LogP contribution is -2.24. The van der Waals surface area contributed by atoms with E-state index < -0.39 is 0 Å². The SMILES string of the molecule is CCCNC(Cc1ccc(C)c(C)c1)c1ccc(C)nc1. The van der Waals surface area contributed by atoms with E-state index in [0.717, 1.165) is 25.1 Å². The van der Waals surface area contributed by atoms with Gasteiger partial charge in [-0.15, -0.1) is 0 Å². The van der Waals surface area contributed by atoms with Gasteiger partial charge in [-0.3, -0.25) is 4.98 Å². The van der Waals surface area contributed by atoms with Crippen molar-refractivity contribution in [3.05, 3.63) is 64.5 Å². The van der Waals surface area contributed by atoms with Gasteiger partial charge in [-0.2, -0.15) is 0 Å². The molecule has 1 aromatic carbocycles. The van der Waals surface area contributed by atoms with Crippen LogP contribution in [0.1, 0.15) is 47.3 Å². The Morgan fingerprint density at radius 2 is 1.86 bits per heavy atom. The topological polar surface area (TPSA) is 24.9 Å². The van der Waals surface area contributed by atoms with E-state index in [1.807, 2.05) is 13.1 Å². The third-order valence-electron chi connectivity index (χ3n) is 3.99. The lowest BCUT2D eigenvalue weighted by molar-refractivity contribution is 0.527. The molecule has 0 spiro atoms. The minimum Gasteiger partial charge on any atom is -0.310 e. The summed E-state index contributed by atoms with van der Waals surface area (Å²) in [5.41, 5.74) is 6.44. The van der Waals surface area contributed by atoms with Crippen LogP contribution in [0.25, 0.3) is 0 Å². The molecule has 0 saturated heterocycles. The van der Waals surface area contributed by atoms with Crippen LogP contribution >= 0.6 is 0 Å². The first kappa shape index (κ1) is 15.7. The van der Waals surface area contributed by atoms with Gasteiger partial charge in [0.1, 0.15) is 0 Å². The quantitative estimate of drug-likeness (QED) is 0.855. The zero-order valence-corrected chi connectivity index (χ0v) is 13.6. The summed E-state index contributed by atoms with van der Waals surface area (Å²) in [6.45, 7) is 9.61. The molecule has 2 nitrogen and oxygen atoms in total.